The molecule has 0 saturated heterocycles. The summed E-state index contributed by atoms with van der Waals surface area (Å²) in [5.41, 5.74) is 0.337. The van der Waals surface area contributed by atoms with Crippen LogP contribution in [0, 0.1) is 10.1 Å². The van der Waals surface area contributed by atoms with Crippen LogP contribution in [-0.2, 0) is 4.74 Å². The van der Waals surface area contributed by atoms with Gasteiger partial charge in [0.05, 0.1) is 24.2 Å². The first-order valence-corrected chi connectivity index (χ1v) is 6.67. The number of carbonyl (C=O) groups is 1. The van der Waals surface area contributed by atoms with Crippen molar-refractivity contribution in [2.75, 3.05) is 13.2 Å². The lowest BCUT2D eigenvalue weighted by atomic mass is 10.2. The molecule has 0 aliphatic rings. The summed E-state index contributed by atoms with van der Waals surface area (Å²) in [6, 6.07) is 4.54. The quantitative estimate of drug-likeness (QED) is 0.501. The lowest BCUT2D eigenvalue weighted by Crippen LogP contribution is -2.04. The van der Waals surface area contributed by atoms with Crippen molar-refractivity contribution in [3.8, 4) is 5.75 Å². The van der Waals surface area contributed by atoms with Gasteiger partial charge in [-0.15, -0.1) is 0 Å². The Balaban J connectivity index is 2.50. The predicted molar refractivity (Wildman–Crippen MR) is 76.7 cm³/mol. The summed E-state index contributed by atoms with van der Waals surface area (Å²) in [6.07, 6.45) is 0.799. The number of nitro benzene ring substituents is 1. The number of H-pyrrole nitrogens is 1. The van der Waals surface area contributed by atoms with Gasteiger partial charge in [0.15, 0.2) is 0 Å². The van der Waals surface area contributed by atoms with E-state index in [-0.39, 0.29) is 23.5 Å². The van der Waals surface area contributed by atoms with Crippen LogP contribution in [0.25, 0.3) is 10.9 Å². The number of non-ortho nitro benzene ring substituents is 1. The molecular formula is C14H16N2O5. The van der Waals surface area contributed by atoms with Crippen LogP contribution in [0.5, 0.6) is 5.75 Å². The predicted octanol–water partition coefficient (Wildman–Crippen LogP) is 3.04. The Kier molecular flexibility index (Phi) is 4.42. The van der Waals surface area contributed by atoms with Gasteiger partial charge < -0.3 is 14.5 Å². The maximum Gasteiger partial charge on any atom is 0.354 e. The van der Waals surface area contributed by atoms with E-state index in [1.165, 1.54) is 12.1 Å². The van der Waals surface area contributed by atoms with Crippen molar-refractivity contribution in [3.63, 3.8) is 0 Å². The van der Waals surface area contributed by atoms with E-state index in [1.54, 1.807) is 13.0 Å². The maximum atomic E-state index is 11.7. The summed E-state index contributed by atoms with van der Waals surface area (Å²) in [6.45, 7) is 4.35. The molecule has 0 atom stereocenters. The molecule has 0 amide bonds. The van der Waals surface area contributed by atoms with Gasteiger partial charge in [-0.25, -0.2) is 4.79 Å². The van der Waals surface area contributed by atoms with Gasteiger partial charge in [0.1, 0.15) is 17.0 Å². The first kappa shape index (κ1) is 14.8. The van der Waals surface area contributed by atoms with Crippen LogP contribution in [0.4, 0.5) is 5.69 Å². The van der Waals surface area contributed by atoms with E-state index < -0.39 is 10.9 Å². The minimum absolute atomic E-state index is 0.130. The third kappa shape index (κ3) is 3.13. The number of nitrogens with one attached hydrogen (secondary N) is 1. The number of ether oxygens (including phenoxy) is 2. The number of rotatable bonds is 6. The van der Waals surface area contributed by atoms with Crippen LogP contribution in [-0.4, -0.2) is 29.1 Å². The second kappa shape index (κ2) is 6.25. The zero-order valence-corrected chi connectivity index (χ0v) is 11.8. The molecule has 2 rings (SSSR count). The Hall–Kier alpha value is -2.57. The highest BCUT2D eigenvalue weighted by Gasteiger charge is 2.19. The van der Waals surface area contributed by atoms with Gasteiger partial charge in [-0.05, 0) is 25.5 Å². The molecule has 1 aromatic carbocycles. The van der Waals surface area contributed by atoms with E-state index in [4.69, 9.17) is 9.47 Å². The largest absolute Gasteiger partial charge is 0.493 e. The molecule has 112 valence electrons. The maximum absolute atomic E-state index is 11.7. The third-order valence-electron chi connectivity index (χ3n) is 2.85. The van der Waals surface area contributed by atoms with Crippen LogP contribution < -0.4 is 4.74 Å². The van der Waals surface area contributed by atoms with E-state index in [2.05, 4.69) is 4.98 Å². The summed E-state index contributed by atoms with van der Waals surface area (Å²) < 4.78 is 10.3. The summed E-state index contributed by atoms with van der Waals surface area (Å²) in [7, 11) is 0. The Labute approximate surface area is 121 Å². The first-order chi connectivity index (χ1) is 10.1. The van der Waals surface area contributed by atoms with Crippen molar-refractivity contribution in [1.82, 2.24) is 4.98 Å². The molecule has 0 aliphatic carbocycles. The SMILES string of the molecule is CCCOc1cc([N+](=O)[O-])c2[nH]c(C(=O)OCC)cc2c1. The molecule has 21 heavy (non-hydrogen) atoms. The molecule has 1 N–H and O–H groups in total. The second-order valence-electron chi connectivity index (χ2n) is 4.42. The van der Waals surface area contributed by atoms with Gasteiger partial charge in [-0.1, -0.05) is 6.92 Å². The number of hydrogen-bond donors (Lipinski definition) is 1. The molecule has 0 unspecified atom stereocenters. The molecule has 0 fully saturated rings. The monoisotopic (exact) mass is 292 g/mol. The number of esters is 1. The third-order valence-corrected chi connectivity index (χ3v) is 2.85. The zero-order chi connectivity index (χ0) is 15.4. The Morgan fingerprint density at radius 3 is 2.71 bits per heavy atom. The van der Waals surface area contributed by atoms with Crippen LogP contribution >= 0.6 is 0 Å². The van der Waals surface area contributed by atoms with Crippen LogP contribution in [0.1, 0.15) is 30.8 Å². The number of benzene rings is 1. The first-order valence-electron chi connectivity index (χ1n) is 6.67. The number of aromatic amines is 1. The van der Waals surface area contributed by atoms with E-state index in [0.717, 1.165) is 6.42 Å². The highest BCUT2D eigenvalue weighted by atomic mass is 16.6. The molecule has 0 radical (unpaired) electrons. The van der Waals surface area contributed by atoms with Crippen molar-refractivity contribution >= 4 is 22.6 Å². The van der Waals surface area contributed by atoms with Gasteiger partial charge in [0, 0.05) is 5.39 Å². The van der Waals surface area contributed by atoms with Gasteiger partial charge in [-0.2, -0.15) is 0 Å². The molecule has 7 heteroatoms. The van der Waals surface area contributed by atoms with E-state index in [1.807, 2.05) is 6.92 Å². The minimum Gasteiger partial charge on any atom is -0.493 e. The van der Waals surface area contributed by atoms with Crippen molar-refractivity contribution < 1.29 is 19.2 Å². The normalized spacial score (nSPS) is 10.6. The van der Waals surface area contributed by atoms with Crippen molar-refractivity contribution in [3.05, 3.63) is 34.0 Å². The van der Waals surface area contributed by atoms with Crippen LogP contribution in [0.3, 0.4) is 0 Å². The Bertz CT molecular complexity index is 677. The average Bonchev–Trinajstić information content (AvgIpc) is 2.88. The number of nitro groups is 1. The van der Waals surface area contributed by atoms with Crippen molar-refractivity contribution in [2.24, 2.45) is 0 Å². The van der Waals surface area contributed by atoms with Crippen LogP contribution in [0.15, 0.2) is 18.2 Å². The van der Waals surface area contributed by atoms with Gasteiger partial charge in [0.25, 0.3) is 5.69 Å². The standard InChI is InChI=1S/C14H16N2O5/c1-3-5-21-10-6-9-7-11(14(17)20-4-2)15-13(9)12(8-10)16(18)19/h6-8,15H,3-5H2,1-2H3. The molecular weight excluding hydrogens is 276 g/mol. The van der Waals surface area contributed by atoms with Crippen molar-refractivity contribution in [2.45, 2.75) is 20.3 Å². The topological polar surface area (TPSA) is 94.5 Å². The number of nitrogens with zero attached hydrogens (tertiary/aromatic N) is 1. The lowest BCUT2D eigenvalue weighted by molar-refractivity contribution is -0.383. The molecule has 0 saturated carbocycles. The fraction of sp³-hybridized carbons (Fsp3) is 0.357. The fourth-order valence-corrected chi connectivity index (χ4v) is 1.96. The van der Waals surface area contributed by atoms with E-state index >= 15 is 0 Å². The van der Waals surface area contributed by atoms with E-state index in [0.29, 0.717) is 17.7 Å². The molecule has 0 bridgehead atoms. The summed E-state index contributed by atoms with van der Waals surface area (Å²) in [5, 5.41) is 11.7. The molecule has 2 aromatic rings. The summed E-state index contributed by atoms with van der Waals surface area (Å²) >= 11 is 0. The second-order valence-corrected chi connectivity index (χ2v) is 4.42. The average molecular weight is 292 g/mol. The Morgan fingerprint density at radius 2 is 2.10 bits per heavy atom. The molecule has 1 heterocycles. The summed E-state index contributed by atoms with van der Waals surface area (Å²) in [5.74, 6) is -0.135. The Morgan fingerprint density at radius 1 is 1.33 bits per heavy atom. The minimum atomic E-state index is -0.543. The van der Waals surface area contributed by atoms with Crippen molar-refractivity contribution in [1.29, 1.82) is 0 Å². The highest BCUT2D eigenvalue weighted by molar-refractivity contribution is 5.98. The van der Waals surface area contributed by atoms with Crippen LogP contribution in [0.2, 0.25) is 0 Å². The number of aromatic nitrogens is 1. The van der Waals surface area contributed by atoms with Gasteiger partial charge in [0.2, 0.25) is 0 Å². The molecule has 0 spiro atoms. The van der Waals surface area contributed by atoms with Gasteiger partial charge >= 0.3 is 5.97 Å². The molecule has 1 aromatic heterocycles. The lowest BCUT2D eigenvalue weighted by Gasteiger charge is -2.04. The highest BCUT2D eigenvalue weighted by Crippen LogP contribution is 2.31. The fourth-order valence-electron chi connectivity index (χ4n) is 1.96. The zero-order valence-electron chi connectivity index (χ0n) is 11.8. The van der Waals surface area contributed by atoms with Gasteiger partial charge in [-0.3, -0.25) is 10.1 Å². The van der Waals surface area contributed by atoms with E-state index in [9.17, 15) is 14.9 Å². The molecule has 0 aliphatic heterocycles. The number of fused-ring (bicyclic) bond motifs is 1. The number of hydrogen-bond acceptors (Lipinski definition) is 5. The summed E-state index contributed by atoms with van der Waals surface area (Å²) in [4.78, 5) is 25.1. The smallest absolute Gasteiger partial charge is 0.354 e. The molecule has 7 nitrogen and oxygen atoms in total. The number of carbonyl (C=O) groups excluding carboxylic acids is 1.